The number of aromatic nitrogens is 4. The highest BCUT2D eigenvalue weighted by Gasteiger charge is 2.17. The fourth-order valence-corrected chi connectivity index (χ4v) is 2.41. The average molecular weight is 295 g/mol. The number of aryl methyl sites for hydroxylation is 1. The summed E-state index contributed by atoms with van der Waals surface area (Å²) in [6.45, 7) is 3.06. The number of anilines is 2. The molecule has 2 aromatic rings. The largest absolute Gasteiger partial charge is 0.382 e. The second kappa shape index (κ2) is 5.87. The van der Waals surface area contributed by atoms with Crippen molar-refractivity contribution >= 4 is 28.2 Å². The molecule has 0 aliphatic heterocycles. The van der Waals surface area contributed by atoms with Crippen LogP contribution in [0.15, 0.2) is 6.33 Å². The lowest BCUT2D eigenvalue weighted by Gasteiger charge is -2.10. The zero-order valence-electron chi connectivity index (χ0n) is 11.6. The van der Waals surface area contributed by atoms with E-state index in [1.807, 2.05) is 18.9 Å². The molecule has 8 nitrogen and oxygen atoms in total. The van der Waals surface area contributed by atoms with Gasteiger partial charge in [0.15, 0.2) is 11.0 Å². The summed E-state index contributed by atoms with van der Waals surface area (Å²) < 4.78 is 1.58. The molecule has 0 atom stereocenters. The smallest absolute Gasteiger partial charge is 0.265 e. The molecule has 0 spiro atoms. The Bertz CT molecular complexity index is 606. The summed E-state index contributed by atoms with van der Waals surface area (Å²) in [4.78, 5) is 22.6. The molecule has 0 fully saturated rings. The molecule has 2 heterocycles. The fraction of sp³-hybridized carbons (Fsp3) is 0.455. The van der Waals surface area contributed by atoms with Gasteiger partial charge in [0.1, 0.15) is 17.0 Å². The zero-order chi connectivity index (χ0) is 14.7. The van der Waals surface area contributed by atoms with Gasteiger partial charge in [0.25, 0.3) is 5.91 Å². The molecule has 0 unspecified atom stereocenters. The van der Waals surface area contributed by atoms with Gasteiger partial charge in [0.05, 0.1) is 6.54 Å². The van der Waals surface area contributed by atoms with Gasteiger partial charge in [-0.25, -0.2) is 9.97 Å². The second-order valence-electron chi connectivity index (χ2n) is 4.24. The van der Waals surface area contributed by atoms with Gasteiger partial charge in [-0.3, -0.25) is 9.48 Å². The first-order chi connectivity index (χ1) is 9.51. The number of nitrogen functional groups attached to an aromatic ring is 1. The van der Waals surface area contributed by atoms with Crippen LogP contribution in [0.3, 0.4) is 0 Å². The quantitative estimate of drug-likeness (QED) is 0.819. The number of carbonyl (C=O) groups is 1. The van der Waals surface area contributed by atoms with Crippen molar-refractivity contribution in [2.24, 2.45) is 7.05 Å². The minimum atomic E-state index is -0.261. The molecule has 0 saturated carbocycles. The van der Waals surface area contributed by atoms with E-state index >= 15 is 0 Å². The van der Waals surface area contributed by atoms with E-state index in [4.69, 9.17) is 5.73 Å². The van der Waals surface area contributed by atoms with Crippen LogP contribution >= 0.6 is 11.3 Å². The number of carbonyl (C=O) groups excluding carboxylic acids is 1. The summed E-state index contributed by atoms with van der Waals surface area (Å²) in [5, 5.41) is 7.55. The number of amides is 1. The molecule has 0 aliphatic carbocycles. The molecule has 20 heavy (non-hydrogen) atoms. The highest BCUT2D eigenvalue weighted by Crippen LogP contribution is 2.27. The third-order valence-electron chi connectivity index (χ3n) is 2.70. The van der Waals surface area contributed by atoms with Crippen molar-refractivity contribution in [2.75, 3.05) is 24.2 Å². The maximum Gasteiger partial charge on any atom is 0.265 e. The Kier molecular flexibility index (Phi) is 4.18. The first-order valence-corrected chi connectivity index (χ1v) is 6.93. The van der Waals surface area contributed by atoms with Crippen molar-refractivity contribution in [1.29, 1.82) is 0 Å². The lowest BCUT2D eigenvalue weighted by molar-refractivity contribution is 0.0954. The van der Waals surface area contributed by atoms with Gasteiger partial charge in [-0.1, -0.05) is 11.3 Å². The van der Waals surface area contributed by atoms with E-state index in [1.165, 1.54) is 11.3 Å². The van der Waals surface area contributed by atoms with Gasteiger partial charge in [0, 0.05) is 20.6 Å². The third-order valence-corrected chi connectivity index (χ3v) is 3.89. The molecule has 0 radical (unpaired) electrons. The molecule has 2 rings (SSSR count). The number of nitrogens with two attached hydrogens (primary N) is 1. The Labute approximate surface area is 120 Å². The van der Waals surface area contributed by atoms with Crippen LogP contribution in [0, 0.1) is 0 Å². The van der Waals surface area contributed by atoms with Gasteiger partial charge >= 0.3 is 0 Å². The van der Waals surface area contributed by atoms with E-state index in [2.05, 4.69) is 20.4 Å². The standard InChI is InChI=1S/C11H17N7OS/c1-4-17(2)11-15-9(12)8(20-11)10(19)13-5-7-14-6-18(3)16-7/h6H,4-5,12H2,1-3H3,(H,13,19). The minimum Gasteiger partial charge on any atom is -0.382 e. The maximum absolute atomic E-state index is 12.1. The SMILES string of the molecule is CCN(C)c1nc(N)c(C(=O)NCc2ncn(C)n2)s1. The van der Waals surface area contributed by atoms with Crippen LogP contribution in [-0.4, -0.2) is 39.2 Å². The molecular weight excluding hydrogens is 278 g/mol. The summed E-state index contributed by atoms with van der Waals surface area (Å²) in [6.07, 6.45) is 1.58. The topological polar surface area (TPSA) is 102 Å². The highest BCUT2D eigenvalue weighted by atomic mass is 32.1. The van der Waals surface area contributed by atoms with E-state index in [9.17, 15) is 4.79 Å². The molecule has 0 bridgehead atoms. The molecule has 0 saturated heterocycles. The Morgan fingerprint density at radius 2 is 2.35 bits per heavy atom. The molecular formula is C11H17N7OS. The van der Waals surface area contributed by atoms with Crippen molar-refractivity contribution in [2.45, 2.75) is 13.5 Å². The molecule has 9 heteroatoms. The third kappa shape index (κ3) is 3.05. The van der Waals surface area contributed by atoms with Crippen molar-refractivity contribution in [3.63, 3.8) is 0 Å². The van der Waals surface area contributed by atoms with Gasteiger partial charge in [-0.15, -0.1) is 0 Å². The molecule has 108 valence electrons. The van der Waals surface area contributed by atoms with Crippen molar-refractivity contribution < 1.29 is 4.79 Å². The second-order valence-corrected chi connectivity index (χ2v) is 5.22. The number of thiazole rings is 1. The van der Waals surface area contributed by atoms with Crippen LogP contribution in [-0.2, 0) is 13.6 Å². The number of rotatable bonds is 5. The Morgan fingerprint density at radius 3 is 2.95 bits per heavy atom. The van der Waals surface area contributed by atoms with Crippen LogP contribution in [0.4, 0.5) is 10.9 Å². The molecule has 0 aromatic carbocycles. The highest BCUT2D eigenvalue weighted by molar-refractivity contribution is 7.18. The van der Waals surface area contributed by atoms with E-state index in [1.54, 1.807) is 18.1 Å². The predicted molar refractivity (Wildman–Crippen MR) is 77.6 cm³/mol. The molecule has 1 amide bonds. The van der Waals surface area contributed by atoms with E-state index in [0.717, 1.165) is 11.7 Å². The first kappa shape index (κ1) is 14.3. The Balaban J connectivity index is 2.03. The monoisotopic (exact) mass is 295 g/mol. The van der Waals surface area contributed by atoms with Gasteiger partial charge in [-0.2, -0.15) is 5.10 Å². The van der Waals surface area contributed by atoms with Crippen LogP contribution in [0.5, 0.6) is 0 Å². The van der Waals surface area contributed by atoms with Crippen LogP contribution in [0.1, 0.15) is 22.4 Å². The number of hydrogen-bond donors (Lipinski definition) is 2. The van der Waals surface area contributed by atoms with Crippen molar-refractivity contribution in [1.82, 2.24) is 25.1 Å². The minimum absolute atomic E-state index is 0.247. The van der Waals surface area contributed by atoms with E-state index in [0.29, 0.717) is 10.7 Å². The predicted octanol–water partition coefficient (Wildman–Crippen LogP) is 0.240. The average Bonchev–Trinajstić information content (AvgIpc) is 3.01. The lowest BCUT2D eigenvalue weighted by Crippen LogP contribution is -2.23. The summed E-state index contributed by atoms with van der Waals surface area (Å²) in [5.74, 6) is 0.537. The molecule has 2 aromatic heterocycles. The van der Waals surface area contributed by atoms with Gasteiger partial charge in [0.2, 0.25) is 0 Å². The maximum atomic E-state index is 12.1. The molecule has 3 N–H and O–H groups in total. The lowest BCUT2D eigenvalue weighted by atomic mass is 10.4. The summed E-state index contributed by atoms with van der Waals surface area (Å²) in [6, 6.07) is 0. The number of nitrogens with zero attached hydrogens (tertiary/aromatic N) is 5. The summed E-state index contributed by atoms with van der Waals surface area (Å²) >= 11 is 1.27. The van der Waals surface area contributed by atoms with Crippen molar-refractivity contribution in [3.05, 3.63) is 17.0 Å². The fourth-order valence-electron chi connectivity index (χ4n) is 1.49. The normalized spacial score (nSPS) is 10.6. The number of hydrogen-bond acceptors (Lipinski definition) is 7. The van der Waals surface area contributed by atoms with Crippen LogP contribution in [0.2, 0.25) is 0 Å². The van der Waals surface area contributed by atoms with Gasteiger partial charge < -0.3 is 16.0 Å². The van der Waals surface area contributed by atoms with Gasteiger partial charge in [-0.05, 0) is 6.92 Å². The summed E-state index contributed by atoms with van der Waals surface area (Å²) in [5.41, 5.74) is 5.78. The Morgan fingerprint density at radius 1 is 1.60 bits per heavy atom. The molecule has 0 aliphatic rings. The van der Waals surface area contributed by atoms with Crippen LogP contribution in [0.25, 0.3) is 0 Å². The van der Waals surface area contributed by atoms with Crippen molar-refractivity contribution in [3.8, 4) is 0 Å². The summed E-state index contributed by atoms with van der Waals surface area (Å²) in [7, 11) is 3.67. The van der Waals surface area contributed by atoms with E-state index < -0.39 is 0 Å². The number of nitrogens with one attached hydrogen (secondary N) is 1. The Hall–Kier alpha value is -2.16. The zero-order valence-corrected chi connectivity index (χ0v) is 12.4. The van der Waals surface area contributed by atoms with Crippen LogP contribution < -0.4 is 16.0 Å². The first-order valence-electron chi connectivity index (χ1n) is 6.11. The van der Waals surface area contributed by atoms with E-state index in [-0.39, 0.29) is 18.3 Å².